The summed E-state index contributed by atoms with van der Waals surface area (Å²) in [4.78, 5) is 18.2. The molecule has 67 heavy (non-hydrogen) atoms. The number of phenols is 1. The second-order valence-electron chi connectivity index (χ2n) is 22.1. The van der Waals surface area contributed by atoms with E-state index in [1.54, 1.807) is 0 Å². The zero-order valence-corrected chi connectivity index (χ0v) is 40.6. The summed E-state index contributed by atoms with van der Waals surface area (Å²) < 4.78 is 53.9. The smallest absolute Gasteiger partial charge is 0.361 e. The van der Waals surface area contributed by atoms with Gasteiger partial charge in [0.15, 0.2) is 11.7 Å². The number of amidine groups is 1. The van der Waals surface area contributed by atoms with Crippen LogP contribution in [0.25, 0.3) is 50.6 Å². The molecular formula is C59H60BN5O2. The highest BCUT2D eigenvalue weighted by atomic mass is 16.5. The van der Waals surface area contributed by atoms with Gasteiger partial charge in [0.25, 0.3) is 0 Å². The molecule has 0 aliphatic carbocycles. The van der Waals surface area contributed by atoms with Crippen LogP contribution in [0.5, 0.6) is 11.5 Å². The second kappa shape index (κ2) is 15.6. The number of aliphatic imine (C=N–C) groups is 1. The van der Waals surface area contributed by atoms with Crippen LogP contribution >= 0.6 is 0 Å². The Hall–Kier alpha value is -6.93. The first-order chi connectivity index (χ1) is 33.7. The zero-order chi connectivity index (χ0) is 51.7. The molecule has 0 atom stereocenters. The average molecular weight is 887 g/mol. The van der Waals surface area contributed by atoms with E-state index in [1.807, 2.05) is 77.5 Å². The lowest BCUT2D eigenvalue weighted by Crippen LogP contribution is -2.64. The van der Waals surface area contributed by atoms with Crippen molar-refractivity contribution in [2.45, 2.75) is 105 Å². The number of imidazole rings is 1. The molecule has 0 radical (unpaired) electrons. The number of aromatic hydroxyl groups is 1. The van der Waals surface area contributed by atoms with Crippen molar-refractivity contribution in [1.82, 2.24) is 19.3 Å². The number of benzene rings is 5. The number of pyridine rings is 1. The van der Waals surface area contributed by atoms with Crippen LogP contribution in [0.4, 0.5) is 5.82 Å². The minimum atomic E-state index is -0.612. The molecule has 5 aromatic carbocycles. The Bertz CT molecular complexity index is 3490. The van der Waals surface area contributed by atoms with Crippen molar-refractivity contribution >= 4 is 29.6 Å². The van der Waals surface area contributed by atoms with Crippen molar-refractivity contribution in [1.29, 1.82) is 0 Å². The number of ether oxygens (including phenoxy) is 1. The molecule has 336 valence electrons. The predicted octanol–water partition coefficient (Wildman–Crippen LogP) is 13.1. The van der Waals surface area contributed by atoms with Gasteiger partial charge < -0.3 is 14.7 Å². The van der Waals surface area contributed by atoms with Gasteiger partial charge >= 0.3 is 6.85 Å². The molecule has 1 N–H and O–H groups in total. The van der Waals surface area contributed by atoms with Gasteiger partial charge in [-0.3, -0.25) is 9.55 Å². The molecule has 0 amide bonds. The summed E-state index contributed by atoms with van der Waals surface area (Å²) >= 11 is 0. The summed E-state index contributed by atoms with van der Waals surface area (Å²) in [5, 5.41) is 12.8. The van der Waals surface area contributed by atoms with Crippen molar-refractivity contribution in [3.63, 3.8) is 0 Å². The maximum atomic E-state index is 12.8. The van der Waals surface area contributed by atoms with Crippen molar-refractivity contribution in [2.24, 2.45) is 4.99 Å². The molecule has 0 saturated heterocycles. The van der Waals surface area contributed by atoms with Crippen LogP contribution in [0.3, 0.4) is 0 Å². The van der Waals surface area contributed by atoms with E-state index in [0.29, 0.717) is 51.5 Å². The number of nitrogens with zero attached hydrogens (tertiary/aromatic N) is 5. The quantitative estimate of drug-likeness (QED) is 0.174. The van der Waals surface area contributed by atoms with E-state index in [-0.39, 0.29) is 34.2 Å². The van der Waals surface area contributed by atoms with E-state index < -0.39 is 35.8 Å². The molecule has 2 aromatic heterocycles. The lowest BCUT2D eigenvalue weighted by Gasteiger charge is -2.42. The Morgan fingerprint density at radius 3 is 2.04 bits per heavy atom. The lowest BCUT2D eigenvalue weighted by molar-refractivity contribution is 0.335. The predicted molar refractivity (Wildman–Crippen MR) is 278 cm³/mol. The first kappa shape index (κ1) is 38.2. The fraction of sp³-hybridized carbons (Fsp3) is 0.271. The Morgan fingerprint density at radius 2 is 1.36 bits per heavy atom. The Morgan fingerprint density at radius 1 is 0.657 bits per heavy atom. The van der Waals surface area contributed by atoms with Crippen LogP contribution in [-0.4, -0.2) is 37.1 Å². The van der Waals surface area contributed by atoms with Crippen LogP contribution in [0.2, 0.25) is 0 Å². The molecule has 0 spiro atoms. The van der Waals surface area contributed by atoms with Crippen LogP contribution in [0.15, 0.2) is 150 Å². The summed E-state index contributed by atoms with van der Waals surface area (Å²) in [7, 11) is 0. The van der Waals surface area contributed by atoms with Gasteiger partial charge in [-0.25, -0.2) is 9.98 Å². The summed E-state index contributed by atoms with van der Waals surface area (Å²) in [6.45, 7) is 24.8. The fourth-order valence-corrected chi connectivity index (χ4v) is 9.34. The number of allylic oxidation sites excluding steroid dienone is 2. The normalized spacial score (nSPS) is 15.6. The molecule has 7 aromatic rings. The van der Waals surface area contributed by atoms with Crippen LogP contribution in [-0.2, 0) is 21.7 Å². The summed E-state index contributed by atoms with van der Waals surface area (Å²) in [5.41, 5.74) is 8.62. The van der Waals surface area contributed by atoms with E-state index in [0.717, 1.165) is 50.1 Å². The standard InChI is InChI=1S/C59H60BN5O2/c1-56(2,3)40-26-27-48(42(33-40)37-22-17-14-18-23-37)64-54(43-34-41(57(4,5)6)35-44(51(43)66)58(7,8)9)63-53-55(64)62-49-24-19-25-50-65(49)60(53)46-31-39(30-45(52(46)67-50)59(10,11)12)47-32-38(28-29-61-47)36-20-15-13-16-21-36/h13-35,66H,1-12H3/i14D,17D,18D,22D,23D. The molecular weight excluding hydrogens is 821 g/mol. The highest BCUT2D eigenvalue weighted by Crippen LogP contribution is 2.47. The third-order valence-electron chi connectivity index (χ3n) is 13.1. The van der Waals surface area contributed by atoms with Crippen LogP contribution in [0.1, 0.15) is 112 Å². The van der Waals surface area contributed by atoms with Gasteiger partial charge in [-0.15, -0.1) is 0 Å². The monoisotopic (exact) mass is 887 g/mol. The molecule has 8 heteroatoms. The fourth-order valence-electron chi connectivity index (χ4n) is 9.34. The van der Waals surface area contributed by atoms with Crippen molar-refractivity contribution < 1.29 is 16.7 Å². The van der Waals surface area contributed by atoms with Gasteiger partial charge in [0.1, 0.15) is 23.2 Å². The Labute approximate surface area is 403 Å². The number of rotatable bonds is 5. The molecule has 3 aliphatic rings. The van der Waals surface area contributed by atoms with E-state index in [1.165, 1.54) is 0 Å². The number of fused-ring (bicyclic) bond motifs is 4. The van der Waals surface area contributed by atoms with Gasteiger partial charge in [-0.05, 0) is 103 Å². The van der Waals surface area contributed by atoms with Crippen molar-refractivity contribution in [3.8, 4) is 62.1 Å². The van der Waals surface area contributed by atoms with Crippen molar-refractivity contribution in [3.05, 3.63) is 168 Å². The van der Waals surface area contributed by atoms with E-state index >= 15 is 0 Å². The minimum Gasteiger partial charge on any atom is -0.507 e. The van der Waals surface area contributed by atoms with Crippen LogP contribution in [0, 0.1) is 0 Å². The van der Waals surface area contributed by atoms with Gasteiger partial charge in [0.2, 0.25) is 0 Å². The molecule has 0 saturated carbocycles. The van der Waals surface area contributed by atoms with Crippen LogP contribution < -0.4 is 15.8 Å². The molecule has 7 nitrogen and oxygen atoms in total. The topological polar surface area (TPSA) is 75.8 Å². The SMILES string of the molecule is [2H]c1c([2H])c([2H])c(-c2cc(C(C)(C)C)ccc2-n2c(-c3cc(C(C)(C)C)cc(C(C)(C)C)c3O)nc3c2N=C2C=CC=C4Oc5c(cc(-c6cc(-c7ccccc7)ccn6)cc5C(C)(C)C)B3N42)c([2H])c1[2H]. The number of aromatic nitrogens is 3. The molecule has 3 aliphatic heterocycles. The summed E-state index contributed by atoms with van der Waals surface area (Å²) in [6.07, 6.45) is 7.66. The van der Waals surface area contributed by atoms with E-state index in [9.17, 15) is 7.85 Å². The highest BCUT2D eigenvalue weighted by Gasteiger charge is 2.49. The molecule has 0 unspecified atom stereocenters. The zero-order valence-electron chi connectivity index (χ0n) is 45.6. The number of hydrogen-bond acceptors (Lipinski definition) is 6. The molecule has 10 rings (SSSR count). The average Bonchev–Trinajstić information content (AvgIpc) is 3.70. The Kier molecular flexibility index (Phi) is 8.89. The van der Waals surface area contributed by atoms with Gasteiger partial charge in [0.05, 0.1) is 29.4 Å². The van der Waals surface area contributed by atoms with Gasteiger partial charge in [-0.1, -0.05) is 168 Å². The molecule has 0 bridgehead atoms. The number of hydrogen-bond donors (Lipinski definition) is 1. The lowest BCUT2D eigenvalue weighted by atomic mass is 9.48. The summed E-state index contributed by atoms with van der Waals surface area (Å²) in [6, 6.07) is 26.7. The highest BCUT2D eigenvalue weighted by molar-refractivity contribution is 6.87. The van der Waals surface area contributed by atoms with E-state index in [4.69, 9.17) is 23.8 Å². The largest absolute Gasteiger partial charge is 0.507 e. The van der Waals surface area contributed by atoms with E-state index in [2.05, 4.69) is 124 Å². The summed E-state index contributed by atoms with van der Waals surface area (Å²) in [5.74, 6) is 2.78. The van der Waals surface area contributed by atoms with Crippen molar-refractivity contribution in [2.75, 3.05) is 0 Å². The van der Waals surface area contributed by atoms with Gasteiger partial charge in [-0.2, -0.15) is 0 Å². The minimum absolute atomic E-state index is 0.0486. The third-order valence-corrected chi connectivity index (χ3v) is 13.1. The molecule has 5 heterocycles. The first-order valence-electron chi connectivity index (χ1n) is 25.6. The third kappa shape index (κ3) is 7.70. The molecule has 0 fully saturated rings. The first-order valence-corrected chi connectivity index (χ1v) is 23.1. The second-order valence-corrected chi connectivity index (χ2v) is 22.1. The van der Waals surface area contributed by atoms with Gasteiger partial charge in [0, 0.05) is 28.5 Å². The Balaban J connectivity index is 1.35. The maximum absolute atomic E-state index is 12.8. The number of phenolic OH excluding ortho intramolecular Hbond substituents is 1. The maximum Gasteiger partial charge on any atom is 0.361 e.